The standard InChI is InChI=1S/C19H24N2O2/c1-19(2,3)23-18(22)21-17(15-10-6-4-7-11-15)14-20-16-12-8-5-9-13-16/h4-13,17,20H,14H2,1-3H3,(H,21,22)/t17-/m0/s1. The summed E-state index contributed by atoms with van der Waals surface area (Å²) in [6.07, 6.45) is -0.416. The molecule has 0 spiro atoms. The van der Waals surface area contributed by atoms with Crippen LogP contribution >= 0.6 is 0 Å². The molecule has 0 bridgehead atoms. The molecule has 0 saturated heterocycles. The SMILES string of the molecule is CC(C)(C)OC(=O)N[C@@H](CNc1ccccc1)c1ccccc1. The fourth-order valence-electron chi connectivity index (χ4n) is 2.16. The second kappa shape index (κ2) is 7.68. The quantitative estimate of drug-likeness (QED) is 0.862. The minimum atomic E-state index is -0.516. The van der Waals surface area contributed by atoms with E-state index in [1.807, 2.05) is 81.4 Å². The Kier molecular flexibility index (Phi) is 5.63. The Hall–Kier alpha value is -2.49. The fraction of sp³-hybridized carbons (Fsp3) is 0.316. The number of nitrogens with one attached hydrogen (secondary N) is 2. The van der Waals surface area contributed by atoms with Crippen LogP contribution in [0, 0.1) is 0 Å². The highest BCUT2D eigenvalue weighted by atomic mass is 16.6. The molecule has 2 N–H and O–H groups in total. The molecule has 1 atom stereocenters. The molecule has 0 aromatic heterocycles. The smallest absolute Gasteiger partial charge is 0.408 e. The highest BCUT2D eigenvalue weighted by molar-refractivity contribution is 5.68. The Morgan fingerprint density at radius 3 is 2.13 bits per heavy atom. The zero-order valence-electron chi connectivity index (χ0n) is 13.9. The number of hydrogen-bond acceptors (Lipinski definition) is 3. The first kappa shape index (κ1) is 16.9. The van der Waals surface area contributed by atoms with E-state index in [1.54, 1.807) is 0 Å². The first-order valence-corrected chi connectivity index (χ1v) is 7.77. The molecular formula is C19H24N2O2. The van der Waals surface area contributed by atoms with Crippen molar-refractivity contribution in [2.24, 2.45) is 0 Å². The van der Waals surface area contributed by atoms with Crippen molar-refractivity contribution < 1.29 is 9.53 Å². The van der Waals surface area contributed by atoms with Crippen LogP contribution in [0.4, 0.5) is 10.5 Å². The molecule has 2 aromatic rings. The predicted octanol–water partition coefficient (Wildman–Crippen LogP) is 4.36. The molecule has 4 nitrogen and oxygen atoms in total. The van der Waals surface area contributed by atoms with Crippen molar-refractivity contribution >= 4 is 11.8 Å². The van der Waals surface area contributed by atoms with E-state index in [-0.39, 0.29) is 6.04 Å². The van der Waals surface area contributed by atoms with E-state index in [0.717, 1.165) is 11.3 Å². The lowest BCUT2D eigenvalue weighted by Crippen LogP contribution is -2.37. The fourth-order valence-corrected chi connectivity index (χ4v) is 2.16. The van der Waals surface area contributed by atoms with Gasteiger partial charge in [0.1, 0.15) is 5.60 Å². The summed E-state index contributed by atoms with van der Waals surface area (Å²) in [6.45, 7) is 6.14. The minimum Gasteiger partial charge on any atom is -0.444 e. The Labute approximate surface area is 137 Å². The molecule has 0 radical (unpaired) electrons. The second-order valence-corrected chi connectivity index (χ2v) is 6.36. The van der Waals surface area contributed by atoms with Gasteiger partial charge in [0.25, 0.3) is 0 Å². The van der Waals surface area contributed by atoms with Crippen LogP contribution in [0.3, 0.4) is 0 Å². The minimum absolute atomic E-state index is 0.175. The van der Waals surface area contributed by atoms with Crippen molar-refractivity contribution in [2.75, 3.05) is 11.9 Å². The van der Waals surface area contributed by atoms with Gasteiger partial charge in [0.05, 0.1) is 6.04 Å². The van der Waals surface area contributed by atoms with Gasteiger partial charge < -0.3 is 15.4 Å². The summed E-state index contributed by atoms with van der Waals surface area (Å²) in [4.78, 5) is 12.1. The number of ether oxygens (including phenoxy) is 1. The van der Waals surface area contributed by atoms with E-state index in [4.69, 9.17) is 4.74 Å². The van der Waals surface area contributed by atoms with Gasteiger partial charge in [-0.3, -0.25) is 0 Å². The van der Waals surface area contributed by atoms with Gasteiger partial charge in [0.2, 0.25) is 0 Å². The van der Waals surface area contributed by atoms with Crippen LogP contribution < -0.4 is 10.6 Å². The molecule has 0 unspecified atom stereocenters. The van der Waals surface area contributed by atoms with E-state index < -0.39 is 11.7 Å². The lowest BCUT2D eigenvalue weighted by Gasteiger charge is -2.24. The van der Waals surface area contributed by atoms with Crippen molar-refractivity contribution in [3.63, 3.8) is 0 Å². The molecule has 0 saturated carbocycles. The number of benzene rings is 2. The number of carbonyl (C=O) groups is 1. The number of alkyl carbamates (subject to hydrolysis) is 1. The number of anilines is 1. The number of para-hydroxylation sites is 1. The zero-order valence-corrected chi connectivity index (χ0v) is 13.9. The average molecular weight is 312 g/mol. The summed E-state index contributed by atoms with van der Waals surface area (Å²) in [5.41, 5.74) is 1.53. The van der Waals surface area contributed by atoms with Gasteiger partial charge in [-0.25, -0.2) is 4.79 Å². The highest BCUT2D eigenvalue weighted by Crippen LogP contribution is 2.16. The molecular weight excluding hydrogens is 288 g/mol. The van der Waals surface area contributed by atoms with Gasteiger partial charge in [0, 0.05) is 12.2 Å². The van der Waals surface area contributed by atoms with Gasteiger partial charge in [-0.2, -0.15) is 0 Å². The summed E-state index contributed by atoms with van der Waals surface area (Å²) in [5, 5.41) is 6.28. The highest BCUT2D eigenvalue weighted by Gasteiger charge is 2.20. The maximum absolute atomic E-state index is 12.1. The summed E-state index contributed by atoms with van der Waals surface area (Å²) in [5.74, 6) is 0. The molecule has 1 amide bonds. The number of amides is 1. The van der Waals surface area contributed by atoms with Gasteiger partial charge in [-0.05, 0) is 38.5 Å². The topological polar surface area (TPSA) is 50.4 Å². The van der Waals surface area contributed by atoms with Crippen LogP contribution in [-0.2, 0) is 4.74 Å². The number of carbonyl (C=O) groups excluding carboxylic acids is 1. The third kappa shape index (κ3) is 6.02. The maximum Gasteiger partial charge on any atom is 0.408 e. The van der Waals surface area contributed by atoms with Crippen molar-refractivity contribution in [2.45, 2.75) is 32.4 Å². The Bertz CT molecular complexity index is 606. The van der Waals surface area contributed by atoms with E-state index >= 15 is 0 Å². The number of rotatable bonds is 5. The van der Waals surface area contributed by atoms with Crippen LogP contribution in [0.1, 0.15) is 32.4 Å². The van der Waals surface area contributed by atoms with Crippen molar-refractivity contribution in [1.82, 2.24) is 5.32 Å². The van der Waals surface area contributed by atoms with Crippen LogP contribution in [0.2, 0.25) is 0 Å². The molecule has 0 aliphatic carbocycles. The van der Waals surface area contributed by atoms with Gasteiger partial charge >= 0.3 is 6.09 Å². The van der Waals surface area contributed by atoms with Crippen molar-refractivity contribution in [1.29, 1.82) is 0 Å². The summed E-state index contributed by atoms with van der Waals surface area (Å²) in [7, 11) is 0. The zero-order chi connectivity index (χ0) is 16.7. The first-order chi connectivity index (χ1) is 10.9. The Morgan fingerprint density at radius 1 is 1.00 bits per heavy atom. The van der Waals surface area contributed by atoms with E-state index in [1.165, 1.54) is 0 Å². The first-order valence-electron chi connectivity index (χ1n) is 7.77. The molecule has 4 heteroatoms. The summed E-state index contributed by atoms with van der Waals surface area (Å²) >= 11 is 0. The molecule has 2 aromatic carbocycles. The van der Waals surface area contributed by atoms with E-state index in [0.29, 0.717) is 6.54 Å². The third-order valence-corrected chi connectivity index (χ3v) is 3.18. The van der Waals surface area contributed by atoms with Crippen molar-refractivity contribution in [3.05, 3.63) is 66.2 Å². The van der Waals surface area contributed by atoms with Crippen LogP contribution in [0.25, 0.3) is 0 Å². The second-order valence-electron chi connectivity index (χ2n) is 6.36. The average Bonchev–Trinajstić information content (AvgIpc) is 2.51. The van der Waals surface area contributed by atoms with Crippen LogP contribution in [-0.4, -0.2) is 18.2 Å². The molecule has 0 fully saturated rings. The lowest BCUT2D eigenvalue weighted by molar-refractivity contribution is 0.0506. The summed E-state index contributed by atoms with van der Waals surface area (Å²) in [6, 6.07) is 19.6. The Morgan fingerprint density at radius 2 is 1.57 bits per heavy atom. The molecule has 0 aliphatic rings. The maximum atomic E-state index is 12.1. The third-order valence-electron chi connectivity index (χ3n) is 3.18. The van der Waals surface area contributed by atoms with Gasteiger partial charge in [-0.15, -0.1) is 0 Å². The predicted molar refractivity (Wildman–Crippen MR) is 93.5 cm³/mol. The van der Waals surface area contributed by atoms with E-state index in [9.17, 15) is 4.79 Å². The molecule has 23 heavy (non-hydrogen) atoms. The van der Waals surface area contributed by atoms with Gasteiger partial charge in [-0.1, -0.05) is 48.5 Å². The molecule has 122 valence electrons. The Balaban J connectivity index is 2.05. The monoisotopic (exact) mass is 312 g/mol. The van der Waals surface area contributed by atoms with Gasteiger partial charge in [0.15, 0.2) is 0 Å². The molecule has 0 heterocycles. The van der Waals surface area contributed by atoms with Crippen molar-refractivity contribution in [3.8, 4) is 0 Å². The van der Waals surface area contributed by atoms with Crippen LogP contribution in [0.5, 0.6) is 0 Å². The van der Waals surface area contributed by atoms with Crippen LogP contribution in [0.15, 0.2) is 60.7 Å². The van der Waals surface area contributed by atoms with E-state index in [2.05, 4.69) is 10.6 Å². The largest absolute Gasteiger partial charge is 0.444 e. The summed E-state index contributed by atoms with van der Waals surface area (Å²) < 4.78 is 5.36. The molecule has 2 rings (SSSR count). The lowest BCUT2D eigenvalue weighted by atomic mass is 10.1. The molecule has 0 aliphatic heterocycles. The normalized spacial score (nSPS) is 12.3. The number of hydrogen-bond donors (Lipinski definition) is 2.